The van der Waals surface area contributed by atoms with Gasteiger partial charge in [-0.3, -0.25) is 14.4 Å². The van der Waals surface area contributed by atoms with Gasteiger partial charge in [0.1, 0.15) is 15.5 Å². The number of anilines is 1. The molecule has 1 amide bonds. The molecule has 178 valence electrons. The van der Waals surface area contributed by atoms with Gasteiger partial charge in [-0.25, -0.2) is 17.8 Å². The van der Waals surface area contributed by atoms with Crippen molar-refractivity contribution < 1.29 is 17.6 Å². The van der Waals surface area contributed by atoms with Gasteiger partial charge in [0.15, 0.2) is 5.13 Å². The monoisotopic (exact) mass is 519 g/mol. The molecule has 0 aliphatic carbocycles. The van der Waals surface area contributed by atoms with E-state index in [0.29, 0.717) is 40.0 Å². The third-order valence-electron chi connectivity index (χ3n) is 5.86. The number of carbonyl (C=O) groups is 1. The fourth-order valence-corrected chi connectivity index (χ4v) is 7.68. The summed E-state index contributed by atoms with van der Waals surface area (Å²) < 4.78 is 44.1. The van der Waals surface area contributed by atoms with Crippen molar-refractivity contribution in [3.05, 3.63) is 60.0 Å². The minimum absolute atomic E-state index is 0.125. The van der Waals surface area contributed by atoms with Crippen LogP contribution in [0.3, 0.4) is 0 Å². The predicted octanol–water partition coefficient (Wildman–Crippen LogP) is 3.83. The van der Waals surface area contributed by atoms with Crippen molar-refractivity contribution in [1.82, 2.24) is 19.1 Å². The van der Waals surface area contributed by atoms with Gasteiger partial charge in [0, 0.05) is 37.9 Å². The van der Waals surface area contributed by atoms with Crippen molar-refractivity contribution in [2.75, 3.05) is 24.5 Å². The lowest BCUT2D eigenvalue weighted by Crippen LogP contribution is -2.45. The van der Waals surface area contributed by atoms with E-state index in [-0.39, 0.29) is 30.4 Å². The third kappa shape index (κ3) is 4.50. The third-order valence-corrected chi connectivity index (χ3v) is 10.2. The second-order valence-corrected chi connectivity index (χ2v) is 12.1. The van der Waals surface area contributed by atoms with E-state index in [4.69, 9.17) is 0 Å². The molecule has 4 aromatic rings. The van der Waals surface area contributed by atoms with Crippen LogP contribution in [0.4, 0.5) is 9.52 Å². The van der Waals surface area contributed by atoms with Gasteiger partial charge in [-0.2, -0.15) is 9.40 Å². The number of piperidine rings is 1. The normalized spacial score (nSPS) is 15.7. The molecule has 0 bridgehead atoms. The lowest BCUT2D eigenvalue weighted by Gasteiger charge is -2.32. The van der Waals surface area contributed by atoms with Gasteiger partial charge in [-0.15, -0.1) is 11.3 Å². The van der Waals surface area contributed by atoms with Crippen LogP contribution in [-0.4, -0.2) is 53.0 Å². The molecule has 1 saturated heterocycles. The van der Waals surface area contributed by atoms with Crippen LogP contribution in [0.1, 0.15) is 12.8 Å². The number of para-hydroxylation sites is 1. The zero-order valence-electron chi connectivity index (χ0n) is 18.1. The summed E-state index contributed by atoms with van der Waals surface area (Å²) in [7, 11) is -3.54. The molecule has 12 heteroatoms. The molecular weight excluding hydrogens is 497 g/mol. The van der Waals surface area contributed by atoms with Crippen LogP contribution >= 0.6 is 22.7 Å². The van der Waals surface area contributed by atoms with Gasteiger partial charge in [0.25, 0.3) is 10.0 Å². The first kappa shape index (κ1) is 23.1. The summed E-state index contributed by atoms with van der Waals surface area (Å²) in [5.41, 5.74) is 0.247. The molecule has 0 radical (unpaired) electrons. The van der Waals surface area contributed by atoms with Crippen LogP contribution in [0.5, 0.6) is 0 Å². The lowest BCUT2D eigenvalue weighted by atomic mass is 9.96. The van der Waals surface area contributed by atoms with Crippen LogP contribution in [-0.2, 0) is 21.4 Å². The zero-order valence-corrected chi connectivity index (χ0v) is 20.5. The Kier molecular flexibility index (Phi) is 6.47. The summed E-state index contributed by atoms with van der Waals surface area (Å²) in [6, 6.07) is 9.88. The predicted molar refractivity (Wildman–Crippen MR) is 130 cm³/mol. The standard InChI is InChI=1S/C22H22FN5O3S3/c23-17-4-1-5-18-20(17)25-22(33-18)28(14-13-26-10-3-9-24-26)21(29)16-7-11-27(12-8-16)34(30,31)19-6-2-15-32-19/h1-6,9-10,15-16H,7-8,11-14H2. The molecule has 0 spiro atoms. The lowest BCUT2D eigenvalue weighted by molar-refractivity contribution is -0.123. The molecule has 0 saturated carbocycles. The Balaban J connectivity index is 1.35. The highest BCUT2D eigenvalue weighted by Crippen LogP contribution is 2.33. The number of thiazole rings is 1. The van der Waals surface area contributed by atoms with Gasteiger partial charge in [-0.05, 0) is 42.5 Å². The maximum absolute atomic E-state index is 14.3. The largest absolute Gasteiger partial charge is 0.286 e. The molecule has 1 aliphatic rings. The number of sulfonamides is 1. The van der Waals surface area contributed by atoms with E-state index in [0.717, 1.165) is 0 Å². The Morgan fingerprint density at radius 2 is 2.00 bits per heavy atom. The second kappa shape index (κ2) is 9.53. The van der Waals surface area contributed by atoms with Crippen LogP contribution in [0.15, 0.2) is 58.4 Å². The van der Waals surface area contributed by atoms with E-state index >= 15 is 0 Å². The van der Waals surface area contributed by atoms with Crippen LogP contribution < -0.4 is 4.90 Å². The molecule has 1 aliphatic heterocycles. The van der Waals surface area contributed by atoms with Crippen molar-refractivity contribution in [3.8, 4) is 0 Å². The number of carbonyl (C=O) groups excluding carboxylic acids is 1. The fraction of sp³-hybridized carbons (Fsp3) is 0.318. The molecule has 0 unspecified atom stereocenters. The summed E-state index contributed by atoms with van der Waals surface area (Å²) in [5.74, 6) is -0.893. The Hall–Kier alpha value is -2.67. The molecular formula is C22H22FN5O3S3. The SMILES string of the molecule is O=C(C1CCN(S(=O)(=O)c2cccs2)CC1)N(CCn1cccn1)c1nc2c(F)cccc2s1. The Morgan fingerprint density at radius 1 is 1.18 bits per heavy atom. The number of hydrogen-bond donors (Lipinski definition) is 0. The van der Waals surface area contributed by atoms with Crippen molar-refractivity contribution in [3.63, 3.8) is 0 Å². The second-order valence-electron chi connectivity index (χ2n) is 7.95. The Bertz CT molecular complexity index is 1380. The number of halogens is 1. The number of hydrogen-bond acceptors (Lipinski definition) is 7. The van der Waals surface area contributed by atoms with Gasteiger partial charge >= 0.3 is 0 Å². The van der Waals surface area contributed by atoms with Gasteiger partial charge < -0.3 is 0 Å². The number of aromatic nitrogens is 3. The number of benzene rings is 1. The van der Waals surface area contributed by atoms with Crippen molar-refractivity contribution in [1.29, 1.82) is 0 Å². The van der Waals surface area contributed by atoms with E-state index in [9.17, 15) is 17.6 Å². The smallest absolute Gasteiger partial charge is 0.252 e. The average molecular weight is 520 g/mol. The number of nitrogens with zero attached hydrogens (tertiary/aromatic N) is 5. The maximum Gasteiger partial charge on any atom is 0.252 e. The van der Waals surface area contributed by atoms with Crippen LogP contribution in [0.25, 0.3) is 10.2 Å². The molecule has 5 rings (SSSR count). The quantitative estimate of drug-likeness (QED) is 0.370. The number of amides is 1. The first-order chi connectivity index (χ1) is 16.4. The van der Waals surface area contributed by atoms with Crippen molar-refractivity contribution in [2.45, 2.75) is 23.6 Å². The van der Waals surface area contributed by atoms with Gasteiger partial charge in [0.05, 0.1) is 11.2 Å². The first-order valence-electron chi connectivity index (χ1n) is 10.8. The highest BCUT2D eigenvalue weighted by atomic mass is 32.2. The van der Waals surface area contributed by atoms with E-state index in [2.05, 4.69) is 10.1 Å². The Morgan fingerprint density at radius 3 is 2.68 bits per heavy atom. The van der Waals surface area contributed by atoms with Crippen LogP contribution in [0, 0.1) is 11.7 Å². The first-order valence-corrected chi connectivity index (χ1v) is 13.9. The topological polar surface area (TPSA) is 88.4 Å². The van der Waals surface area contributed by atoms with E-state index < -0.39 is 15.8 Å². The number of fused-ring (bicyclic) bond motifs is 1. The van der Waals surface area contributed by atoms with Gasteiger partial charge in [-0.1, -0.05) is 23.5 Å². The number of rotatable bonds is 7. The average Bonchev–Trinajstić information content (AvgIpc) is 3.61. The fourth-order valence-electron chi connectivity index (χ4n) is 4.05. The zero-order chi connectivity index (χ0) is 23.7. The summed E-state index contributed by atoms with van der Waals surface area (Å²) in [4.78, 5) is 19.6. The molecule has 3 aromatic heterocycles. The highest BCUT2D eigenvalue weighted by Gasteiger charge is 2.35. The molecule has 1 fully saturated rings. The molecule has 0 atom stereocenters. The van der Waals surface area contributed by atoms with Crippen molar-refractivity contribution >= 4 is 54.0 Å². The highest BCUT2D eigenvalue weighted by molar-refractivity contribution is 7.91. The molecule has 0 N–H and O–H groups in total. The minimum atomic E-state index is -3.54. The minimum Gasteiger partial charge on any atom is -0.286 e. The summed E-state index contributed by atoms with van der Waals surface area (Å²) in [5, 5.41) is 6.37. The Labute approximate surface area is 204 Å². The summed E-state index contributed by atoms with van der Waals surface area (Å²) in [6.07, 6.45) is 4.32. The van der Waals surface area contributed by atoms with Crippen molar-refractivity contribution in [2.24, 2.45) is 5.92 Å². The van der Waals surface area contributed by atoms with Gasteiger partial charge in [0.2, 0.25) is 5.91 Å². The number of thiophene rings is 1. The maximum atomic E-state index is 14.3. The van der Waals surface area contributed by atoms with E-state index in [1.807, 2.05) is 12.3 Å². The van der Waals surface area contributed by atoms with Crippen LogP contribution in [0.2, 0.25) is 0 Å². The molecule has 34 heavy (non-hydrogen) atoms. The van der Waals surface area contributed by atoms with E-state index in [1.165, 1.54) is 33.0 Å². The summed E-state index contributed by atoms with van der Waals surface area (Å²) >= 11 is 2.46. The molecule has 1 aromatic carbocycles. The molecule has 4 heterocycles. The van der Waals surface area contributed by atoms with E-state index in [1.54, 1.807) is 45.4 Å². The summed E-state index contributed by atoms with van der Waals surface area (Å²) in [6.45, 7) is 1.34. The molecule has 8 nitrogen and oxygen atoms in total.